The smallest absolute Gasteiger partial charge is 0.267 e. The Morgan fingerprint density at radius 3 is 2.41 bits per heavy atom. The van der Waals surface area contributed by atoms with Crippen LogP contribution in [0.2, 0.25) is 0 Å². The van der Waals surface area contributed by atoms with Crippen LogP contribution >= 0.6 is 0 Å². The van der Waals surface area contributed by atoms with Gasteiger partial charge in [0.2, 0.25) is 0 Å². The summed E-state index contributed by atoms with van der Waals surface area (Å²) in [4.78, 5) is 25.3. The van der Waals surface area contributed by atoms with Gasteiger partial charge < -0.3 is 19.8 Å². The van der Waals surface area contributed by atoms with Gasteiger partial charge in [-0.1, -0.05) is 30.3 Å². The molecule has 2 amide bonds. The highest BCUT2D eigenvalue weighted by Gasteiger charge is 2.15. The van der Waals surface area contributed by atoms with Crippen LogP contribution in [0.25, 0.3) is 6.08 Å². The molecule has 1 aromatic heterocycles. The third-order valence-electron chi connectivity index (χ3n) is 4.22. The molecular formula is C23H22N2O4. The number of nitrogens with one attached hydrogen (secondary N) is 2. The van der Waals surface area contributed by atoms with Gasteiger partial charge in [0.1, 0.15) is 17.2 Å². The monoisotopic (exact) mass is 390 g/mol. The Kier molecular flexibility index (Phi) is 6.84. The predicted molar refractivity (Wildman–Crippen MR) is 110 cm³/mol. The molecule has 148 valence electrons. The Balaban J connectivity index is 1.68. The van der Waals surface area contributed by atoms with Gasteiger partial charge in [-0.05, 0) is 48.4 Å². The molecule has 0 bridgehead atoms. The lowest BCUT2D eigenvalue weighted by Gasteiger charge is -2.11. The molecule has 0 atom stereocenters. The first-order chi connectivity index (χ1) is 14.2. The lowest BCUT2D eigenvalue weighted by molar-refractivity contribution is -0.117. The Labute approximate surface area is 169 Å². The van der Waals surface area contributed by atoms with E-state index in [4.69, 9.17) is 9.15 Å². The van der Waals surface area contributed by atoms with Crippen molar-refractivity contribution in [2.24, 2.45) is 0 Å². The molecule has 6 heteroatoms. The number of carbonyl (C=O) groups is 2. The van der Waals surface area contributed by atoms with Crippen molar-refractivity contribution >= 4 is 17.9 Å². The molecule has 3 rings (SSSR count). The molecule has 1 heterocycles. The SMILES string of the molecule is COc1ccc(C(=O)N/C(=C\c2ccco2)C(=O)NCCc2ccccc2)cc1. The first-order valence-electron chi connectivity index (χ1n) is 9.18. The van der Waals surface area contributed by atoms with E-state index in [9.17, 15) is 9.59 Å². The summed E-state index contributed by atoms with van der Waals surface area (Å²) in [5, 5.41) is 5.50. The molecule has 2 N–H and O–H groups in total. The zero-order chi connectivity index (χ0) is 20.5. The van der Waals surface area contributed by atoms with Crippen molar-refractivity contribution in [3.05, 3.63) is 95.6 Å². The van der Waals surface area contributed by atoms with E-state index in [1.54, 1.807) is 43.5 Å². The lowest BCUT2D eigenvalue weighted by Crippen LogP contribution is -2.35. The van der Waals surface area contributed by atoms with E-state index in [1.165, 1.54) is 12.3 Å². The zero-order valence-electron chi connectivity index (χ0n) is 16.1. The van der Waals surface area contributed by atoms with Crippen LogP contribution in [0.4, 0.5) is 0 Å². The van der Waals surface area contributed by atoms with E-state index in [0.717, 1.165) is 5.56 Å². The van der Waals surface area contributed by atoms with Crippen molar-refractivity contribution in [3.63, 3.8) is 0 Å². The average Bonchev–Trinajstić information content (AvgIpc) is 3.27. The number of rotatable bonds is 8. The van der Waals surface area contributed by atoms with Crippen molar-refractivity contribution in [1.29, 1.82) is 0 Å². The number of furan rings is 1. The van der Waals surface area contributed by atoms with Crippen molar-refractivity contribution in [2.45, 2.75) is 6.42 Å². The minimum absolute atomic E-state index is 0.105. The standard InChI is InChI=1S/C23H22N2O4/c1-28-19-11-9-18(10-12-19)22(26)25-21(16-20-8-5-15-29-20)23(27)24-14-13-17-6-3-2-4-7-17/h2-12,15-16H,13-14H2,1H3,(H,24,27)(H,25,26)/b21-16-. The third kappa shape index (κ3) is 5.84. The topological polar surface area (TPSA) is 80.6 Å². The number of amides is 2. The van der Waals surface area contributed by atoms with Gasteiger partial charge in [-0.3, -0.25) is 9.59 Å². The highest BCUT2D eigenvalue weighted by Crippen LogP contribution is 2.12. The van der Waals surface area contributed by atoms with Crippen LogP contribution in [0.15, 0.2) is 83.1 Å². The number of ether oxygens (including phenoxy) is 1. The van der Waals surface area contributed by atoms with E-state index < -0.39 is 5.91 Å². The number of hydrogen-bond donors (Lipinski definition) is 2. The van der Waals surface area contributed by atoms with Gasteiger partial charge in [0.05, 0.1) is 13.4 Å². The minimum atomic E-state index is -0.399. The van der Waals surface area contributed by atoms with Crippen LogP contribution in [0, 0.1) is 0 Å². The highest BCUT2D eigenvalue weighted by molar-refractivity contribution is 6.05. The summed E-state index contributed by atoms with van der Waals surface area (Å²) in [7, 11) is 1.55. The van der Waals surface area contributed by atoms with Gasteiger partial charge in [-0.25, -0.2) is 0 Å². The maximum atomic E-state index is 12.7. The second-order valence-corrected chi connectivity index (χ2v) is 6.25. The summed E-state index contributed by atoms with van der Waals surface area (Å²) in [5.74, 6) is 0.322. The van der Waals surface area contributed by atoms with E-state index in [1.807, 2.05) is 30.3 Å². The second-order valence-electron chi connectivity index (χ2n) is 6.25. The van der Waals surface area contributed by atoms with Crippen molar-refractivity contribution in [1.82, 2.24) is 10.6 Å². The fourth-order valence-electron chi connectivity index (χ4n) is 2.67. The summed E-state index contributed by atoms with van der Waals surface area (Å²) < 4.78 is 10.4. The first kappa shape index (κ1) is 19.9. The molecule has 3 aromatic rings. The molecule has 0 aliphatic rings. The van der Waals surface area contributed by atoms with Gasteiger partial charge >= 0.3 is 0 Å². The highest BCUT2D eigenvalue weighted by atomic mass is 16.5. The maximum Gasteiger partial charge on any atom is 0.267 e. The average molecular weight is 390 g/mol. The van der Waals surface area contributed by atoms with Gasteiger partial charge in [0.15, 0.2) is 0 Å². The summed E-state index contributed by atoms with van der Waals surface area (Å²) in [5.41, 5.74) is 1.63. The summed E-state index contributed by atoms with van der Waals surface area (Å²) in [6.07, 6.45) is 3.69. The number of methoxy groups -OCH3 is 1. The largest absolute Gasteiger partial charge is 0.497 e. The molecule has 0 saturated heterocycles. The molecule has 2 aromatic carbocycles. The molecule has 29 heavy (non-hydrogen) atoms. The van der Waals surface area contributed by atoms with E-state index in [-0.39, 0.29) is 11.6 Å². The van der Waals surface area contributed by atoms with Crippen LogP contribution in [0.3, 0.4) is 0 Å². The first-order valence-corrected chi connectivity index (χ1v) is 9.18. The quantitative estimate of drug-likeness (QED) is 0.578. The van der Waals surface area contributed by atoms with Crippen LogP contribution in [-0.4, -0.2) is 25.5 Å². The summed E-state index contributed by atoms with van der Waals surface area (Å²) in [6.45, 7) is 0.441. The minimum Gasteiger partial charge on any atom is -0.497 e. The molecule has 0 saturated carbocycles. The Morgan fingerprint density at radius 2 is 1.76 bits per heavy atom. The maximum absolute atomic E-state index is 12.7. The van der Waals surface area contributed by atoms with E-state index >= 15 is 0 Å². The van der Waals surface area contributed by atoms with Gasteiger partial charge in [0.25, 0.3) is 11.8 Å². The summed E-state index contributed by atoms with van der Waals surface area (Å²) >= 11 is 0. The Morgan fingerprint density at radius 1 is 1.00 bits per heavy atom. The van der Waals surface area contributed by atoms with Crippen molar-refractivity contribution in [3.8, 4) is 5.75 Å². The fraction of sp³-hybridized carbons (Fsp3) is 0.130. The number of carbonyl (C=O) groups excluding carboxylic acids is 2. The molecule has 6 nitrogen and oxygen atoms in total. The second kappa shape index (κ2) is 9.94. The van der Waals surface area contributed by atoms with Crippen LogP contribution in [-0.2, 0) is 11.2 Å². The molecular weight excluding hydrogens is 368 g/mol. The summed E-state index contributed by atoms with van der Waals surface area (Å²) in [6, 6.07) is 19.9. The van der Waals surface area contributed by atoms with Crippen molar-refractivity contribution < 1.29 is 18.7 Å². The number of hydrogen-bond acceptors (Lipinski definition) is 4. The Hall–Kier alpha value is -3.80. The molecule has 0 aliphatic heterocycles. The molecule has 0 unspecified atom stereocenters. The van der Waals surface area contributed by atoms with Crippen molar-refractivity contribution in [2.75, 3.05) is 13.7 Å². The normalized spacial score (nSPS) is 11.0. The molecule has 0 spiro atoms. The molecule has 0 fully saturated rings. The lowest BCUT2D eigenvalue weighted by atomic mass is 10.1. The Bertz CT molecular complexity index is 962. The fourth-order valence-corrected chi connectivity index (χ4v) is 2.67. The van der Waals surface area contributed by atoms with Gasteiger partial charge in [0, 0.05) is 18.2 Å². The zero-order valence-corrected chi connectivity index (χ0v) is 16.1. The predicted octanol–water partition coefficient (Wildman–Crippen LogP) is 3.42. The van der Waals surface area contributed by atoms with E-state index in [0.29, 0.717) is 30.0 Å². The number of benzene rings is 2. The molecule has 0 radical (unpaired) electrons. The van der Waals surface area contributed by atoms with Gasteiger partial charge in [-0.15, -0.1) is 0 Å². The van der Waals surface area contributed by atoms with Crippen LogP contribution in [0.5, 0.6) is 5.75 Å². The molecule has 0 aliphatic carbocycles. The van der Waals surface area contributed by atoms with E-state index in [2.05, 4.69) is 10.6 Å². The van der Waals surface area contributed by atoms with Crippen LogP contribution in [0.1, 0.15) is 21.7 Å². The van der Waals surface area contributed by atoms with Crippen LogP contribution < -0.4 is 15.4 Å². The third-order valence-corrected chi connectivity index (χ3v) is 4.22. The van der Waals surface area contributed by atoms with Gasteiger partial charge in [-0.2, -0.15) is 0 Å².